The molecule has 1 fully saturated rings. The summed E-state index contributed by atoms with van der Waals surface area (Å²) in [7, 11) is 0. The SMILES string of the molecule is CC1=C(C)C(=O)[C@@H]2CC(C)(C)C[C@H](O)[C@@]2(C)C1. The van der Waals surface area contributed by atoms with E-state index in [0.717, 1.165) is 30.4 Å². The van der Waals surface area contributed by atoms with E-state index in [1.807, 2.05) is 13.8 Å². The van der Waals surface area contributed by atoms with E-state index in [9.17, 15) is 9.90 Å². The first kappa shape index (κ1) is 12.8. The van der Waals surface area contributed by atoms with Gasteiger partial charge >= 0.3 is 0 Å². The number of Topliss-reactive ketones (excluding diaryl/α,β-unsaturated/α-hetero) is 1. The van der Waals surface area contributed by atoms with Crippen LogP contribution < -0.4 is 0 Å². The molecule has 2 heteroatoms. The summed E-state index contributed by atoms with van der Waals surface area (Å²) in [6, 6.07) is 0. The number of rotatable bonds is 0. The molecule has 2 nitrogen and oxygen atoms in total. The number of carbonyl (C=O) groups excluding carboxylic acids is 1. The Labute approximate surface area is 104 Å². The van der Waals surface area contributed by atoms with Crippen LogP contribution in [-0.2, 0) is 4.79 Å². The number of allylic oxidation sites excluding steroid dienone is 2. The summed E-state index contributed by atoms with van der Waals surface area (Å²) in [6.07, 6.45) is 2.22. The van der Waals surface area contributed by atoms with Crippen LogP contribution in [0.25, 0.3) is 0 Å². The zero-order valence-electron chi connectivity index (χ0n) is 11.6. The zero-order valence-corrected chi connectivity index (χ0v) is 11.6. The van der Waals surface area contributed by atoms with E-state index in [1.165, 1.54) is 0 Å². The highest BCUT2D eigenvalue weighted by Crippen LogP contribution is 2.54. The molecule has 0 aromatic heterocycles. The van der Waals surface area contributed by atoms with E-state index in [1.54, 1.807) is 0 Å². The largest absolute Gasteiger partial charge is 0.393 e. The fourth-order valence-electron chi connectivity index (χ4n) is 3.67. The van der Waals surface area contributed by atoms with Gasteiger partial charge in [-0.05, 0) is 44.1 Å². The van der Waals surface area contributed by atoms with Gasteiger partial charge in [-0.15, -0.1) is 0 Å². The van der Waals surface area contributed by atoms with Crippen molar-refractivity contribution >= 4 is 5.78 Å². The minimum Gasteiger partial charge on any atom is -0.393 e. The summed E-state index contributed by atoms with van der Waals surface area (Å²) in [5.74, 6) is 0.271. The number of aliphatic hydroxyl groups is 1. The van der Waals surface area contributed by atoms with Crippen LogP contribution >= 0.6 is 0 Å². The molecule has 1 saturated carbocycles. The van der Waals surface area contributed by atoms with Crippen molar-refractivity contribution in [3.05, 3.63) is 11.1 Å². The van der Waals surface area contributed by atoms with Crippen molar-refractivity contribution in [2.24, 2.45) is 16.7 Å². The highest BCUT2D eigenvalue weighted by molar-refractivity contribution is 5.99. The van der Waals surface area contributed by atoms with E-state index < -0.39 is 0 Å². The molecule has 17 heavy (non-hydrogen) atoms. The third-order valence-electron chi connectivity index (χ3n) is 5.03. The van der Waals surface area contributed by atoms with Gasteiger partial charge in [-0.2, -0.15) is 0 Å². The zero-order chi connectivity index (χ0) is 13.0. The second kappa shape index (κ2) is 3.68. The minimum atomic E-state index is -0.358. The average Bonchev–Trinajstić information content (AvgIpc) is 2.19. The maximum Gasteiger partial charge on any atom is 0.162 e. The number of hydrogen-bond donors (Lipinski definition) is 1. The first-order valence-electron chi connectivity index (χ1n) is 6.56. The van der Waals surface area contributed by atoms with E-state index >= 15 is 0 Å². The lowest BCUT2D eigenvalue weighted by Gasteiger charge is -2.52. The number of aliphatic hydroxyl groups excluding tert-OH is 1. The van der Waals surface area contributed by atoms with Crippen LogP contribution in [0.4, 0.5) is 0 Å². The van der Waals surface area contributed by atoms with Crippen molar-refractivity contribution in [1.29, 1.82) is 0 Å². The molecule has 0 spiro atoms. The number of carbonyl (C=O) groups is 1. The number of hydrogen-bond acceptors (Lipinski definition) is 2. The highest BCUT2D eigenvalue weighted by atomic mass is 16.3. The van der Waals surface area contributed by atoms with Crippen LogP contribution in [0.5, 0.6) is 0 Å². The lowest BCUT2D eigenvalue weighted by molar-refractivity contribution is -0.140. The molecule has 0 aromatic rings. The quantitative estimate of drug-likeness (QED) is 0.701. The summed E-state index contributed by atoms with van der Waals surface area (Å²) in [5, 5.41) is 10.4. The van der Waals surface area contributed by atoms with Crippen LogP contribution in [0.1, 0.15) is 53.9 Å². The van der Waals surface area contributed by atoms with Crippen molar-refractivity contribution in [2.45, 2.75) is 60.0 Å². The third kappa shape index (κ3) is 1.87. The van der Waals surface area contributed by atoms with Gasteiger partial charge in [0, 0.05) is 11.3 Å². The molecule has 2 aliphatic rings. The molecule has 0 amide bonds. The minimum absolute atomic E-state index is 0.00458. The molecule has 0 aromatic carbocycles. The summed E-state index contributed by atoms with van der Waals surface area (Å²) >= 11 is 0. The predicted molar refractivity (Wildman–Crippen MR) is 68.6 cm³/mol. The fraction of sp³-hybridized carbons (Fsp3) is 0.800. The van der Waals surface area contributed by atoms with Gasteiger partial charge in [-0.1, -0.05) is 26.3 Å². The third-order valence-corrected chi connectivity index (χ3v) is 5.03. The molecule has 1 N–H and O–H groups in total. The lowest BCUT2D eigenvalue weighted by Crippen LogP contribution is -2.53. The lowest BCUT2D eigenvalue weighted by atomic mass is 9.52. The van der Waals surface area contributed by atoms with Crippen molar-refractivity contribution < 1.29 is 9.90 Å². The molecule has 2 aliphatic carbocycles. The predicted octanol–water partition coefficient (Wildman–Crippen LogP) is 3.10. The molecule has 3 atom stereocenters. The maximum atomic E-state index is 12.4. The first-order chi connectivity index (χ1) is 7.67. The molecule has 0 heterocycles. The Bertz CT molecular complexity index is 392. The normalized spacial score (nSPS) is 41.4. The van der Waals surface area contributed by atoms with Crippen molar-refractivity contribution in [2.75, 3.05) is 0 Å². The Morgan fingerprint density at radius 3 is 2.35 bits per heavy atom. The van der Waals surface area contributed by atoms with Crippen LogP contribution in [0.15, 0.2) is 11.1 Å². The van der Waals surface area contributed by atoms with Crippen LogP contribution in [0.3, 0.4) is 0 Å². The van der Waals surface area contributed by atoms with Crippen LogP contribution in [0.2, 0.25) is 0 Å². The second-order valence-electron chi connectivity index (χ2n) is 7.09. The Hall–Kier alpha value is -0.630. The number of ketones is 1. The molecule has 96 valence electrons. The Balaban J connectivity index is 2.44. The number of fused-ring (bicyclic) bond motifs is 1. The average molecular weight is 236 g/mol. The van der Waals surface area contributed by atoms with Gasteiger partial charge in [0.2, 0.25) is 0 Å². The smallest absolute Gasteiger partial charge is 0.162 e. The summed E-state index contributed by atoms with van der Waals surface area (Å²) in [5.41, 5.74) is 1.92. The molecule has 0 bridgehead atoms. The second-order valence-corrected chi connectivity index (χ2v) is 7.09. The van der Waals surface area contributed by atoms with Gasteiger partial charge in [0.25, 0.3) is 0 Å². The molecule has 0 saturated heterocycles. The van der Waals surface area contributed by atoms with Crippen molar-refractivity contribution in [3.8, 4) is 0 Å². The van der Waals surface area contributed by atoms with Gasteiger partial charge in [-0.3, -0.25) is 4.79 Å². The standard InChI is InChI=1S/C15H24O2/c1-9-6-15(5)11(13(17)10(9)2)7-14(3,4)8-12(15)16/h11-12,16H,6-8H2,1-5H3/t11-,12-,15-/m0/s1. The van der Waals surface area contributed by atoms with Gasteiger partial charge in [-0.25, -0.2) is 0 Å². The molecule has 0 radical (unpaired) electrons. The van der Waals surface area contributed by atoms with Crippen molar-refractivity contribution in [1.82, 2.24) is 0 Å². The highest BCUT2D eigenvalue weighted by Gasteiger charge is 2.53. The molecule has 0 unspecified atom stereocenters. The molecular formula is C15H24O2. The van der Waals surface area contributed by atoms with Gasteiger partial charge < -0.3 is 5.11 Å². The monoisotopic (exact) mass is 236 g/mol. The van der Waals surface area contributed by atoms with E-state index in [0.29, 0.717) is 0 Å². The molecule has 0 aliphatic heterocycles. The van der Waals surface area contributed by atoms with Gasteiger partial charge in [0.05, 0.1) is 6.10 Å². The Morgan fingerprint density at radius 2 is 1.76 bits per heavy atom. The topological polar surface area (TPSA) is 37.3 Å². The van der Waals surface area contributed by atoms with Gasteiger partial charge in [0.15, 0.2) is 5.78 Å². The van der Waals surface area contributed by atoms with Crippen LogP contribution in [-0.4, -0.2) is 17.0 Å². The van der Waals surface area contributed by atoms with Crippen LogP contribution in [0, 0.1) is 16.7 Å². The summed E-state index contributed by atoms with van der Waals surface area (Å²) < 4.78 is 0. The Morgan fingerprint density at radius 1 is 1.18 bits per heavy atom. The Kier molecular flexibility index (Phi) is 2.77. The fourth-order valence-corrected chi connectivity index (χ4v) is 3.67. The van der Waals surface area contributed by atoms with Gasteiger partial charge in [0.1, 0.15) is 0 Å². The maximum absolute atomic E-state index is 12.4. The first-order valence-corrected chi connectivity index (χ1v) is 6.56. The van der Waals surface area contributed by atoms with E-state index in [2.05, 4.69) is 20.8 Å². The van der Waals surface area contributed by atoms with Crippen molar-refractivity contribution in [3.63, 3.8) is 0 Å². The van der Waals surface area contributed by atoms with E-state index in [-0.39, 0.29) is 28.6 Å². The molecular weight excluding hydrogens is 212 g/mol. The molecule has 2 rings (SSSR count). The summed E-state index contributed by atoms with van der Waals surface area (Å²) in [4.78, 5) is 12.4. The van der Waals surface area contributed by atoms with E-state index in [4.69, 9.17) is 0 Å². The summed E-state index contributed by atoms with van der Waals surface area (Å²) in [6.45, 7) is 10.4.